The lowest BCUT2D eigenvalue weighted by Gasteiger charge is -2.09. The van der Waals surface area contributed by atoms with Gasteiger partial charge in [0, 0.05) is 0 Å². The minimum Gasteiger partial charge on any atom is -0.465 e. The van der Waals surface area contributed by atoms with Gasteiger partial charge in [0.05, 0.1) is 32.0 Å². The maximum atomic E-state index is 12.0. The molecule has 0 aliphatic rings. The molecule has 0 amide bonds. The Morgan fingerprint density at radius 1 is 1.00 bits per heavy atom. The number of carbonyl (C=O) groups excluding carboxylic acids is 2. The molecule has 0 bridgehead atoms. The highest BCUT2D eigenvalue weighted by Gasteiger charge is 2.18. The summed E-state index contributed by atoms with van der Waals surface area (Å²) >= 11 is 0. The second-order valence-electron chi connectivity index (χ2n) is 4.36. The molecule has 0 saturated carbocycles. The van der Waals surface area contributed by atoms with Crippen LogP contribution in [0.5, 0.6) is 0 Å². The Balaban J connectivity index is 2.90. The Morgan fingerprint density at radius 3 is 2.25 bits per heavy atom. The summed E-state index contributed by atoms with van der Waals surface area (Å²) in [6.07, 6.45) is 2.90. The van der Waals surface area contributed by atoms with E-state index in [0.29, 0.717) is 6.42 Å². The third kappa shape index (κ3) is 4.33. The number of methoxy groups -OCH3 is 2. The highest BCUT2D eigenvalue weighted by atomic mass is 19.1. The Labute approximate surface area is 117 Å². The van der Waals surface area contributed by atoms with Gasteiger partial charge >= 0.3 is 11.9 Å². The molecule has 0 aliphatic heterocycles. The van der Waals surface area contributed by atoms with Crippen LogP contribution in [0.15, 0.2) is 18.2 Å². The first kappa shape index (κ1) is 16.1. The smallest absolute Gasteiger partial charge is 0.338 e. The predicted molar refractivity (Wildman–Crippen MR) is 72.7 cm³/mol. The van der Waals surface area contributed by atoms with Crippen molar-refractivity contribution in [3.8, 4) is 0 Å². The molecular formula is C15H19FO4. The molecule has 0 fully saturated rings. The highest BCUT2D eigenvalue weighted by molar-refractivity contribution is 6.03. The molecule has 0 aliphatic carbocycles. The molecule has 0 spiro atoms. The largest absolute Gasteiger partial charge is 0.465 e. The minimum absolute atomic E-state index is 0.187. The first-order valence-electron chi connectivity index (χ1n) is 6.49. The summed E-state index contributed by atoms with van der Waals surface area (Å²) in [5.41, 5.74) is 1.30. The summed E-state index contributed by atoms with van der Waals surface area (Å²) in [7, 11) is 2.52. The fourth-order valence-electron chi connectivity index (χ4n) is 1.91. The van der Waals surface area contributed by atoms with Crippen LogP contribution in [-0.2, 0) is 15.9 Å². The summed E-state index contributed by atoms with van der Waals surface area (Å²) in [6.45, 7) is -0.311. The van der Waals surface area contributed by atoms with E-state index in [4.69, 9.17) is 0 Å². The maximum Gasteiger partial charge on any atom is 0.338 e. The molecule has 1 aromatic carbocycles. The van der Waals surface area contributed by atoms with Gasteiger partial charge in [-0.25, -0.2) is 9.59 Å². The van der Waals surface area contributed by atoms with Gasteiger partial charge in [-0.15, -0.1) is 0 Å². The SMILES string of the molecule is COC(=O)c1ccc(CCCCCF)cc1C(=O)OC. The quantitative estimate of drug-likeness (QED) is 0.570. The summed E-state index contributed by atoms with van der Waals surface area (Å²) in [5, 5.41) is 0. The van der Waals surface area contributed by atoms with E-state index in [9.17, 15) is 14.0 Å². The van der Waals surface area contributed by atoms with E-state index in [1.54, 1.807) is 18.2 Å². The van der Waals surface area contributed by atoms with Gasteiger partial charge in [-0.05, 0) is 37.0 Å². The van der Waals surface area contributed by atoms with Gasteiger partial charge in [0.1, 0.15) is 0 Å². The first-order valence-corrected chi connectivity index (χ1v) is 6.49. The Kier molecular flexibility index (Phi) is 6.70. The van der Waals surface area contributed by atoms with Gasteiger partial charge in [-0.1, -0.05) is 12.5 Å². The number of carbonyl (C=O) groups is 2. The Morgan fingerprint density at radius 2 is 1.65 bits per heavy atom. The zero-order valence-corrected chi connectivity index (χ0v) is 11.8. The van der Waals surface area contributed by atoms with Crippen molar-refractivity contribution in [2.45, 2.75) is 25.7 Å². The number of halogens is 1. The predicted octanol–water partition coefficient (Wildman–Crippen LogP) is 2.94. The van der Waals surface area contributed by atoms with Crippen molar-refractivity contribution in [2.75, 3.05) is 20.9 Å². The van der Waals surface area contributed by atoms with E-state index in [1.807, 2.05) is 0 Å². The fraction of sp³-hybridized carbons (Fsp3) is 0.467. The van der Waals surface area contributed by atoms with Gasteiger partial charge in [-0.2, -0.15) is 0 Å². The van der Waals surface area contributed by atoms with Crippen molar-refractivity contribution < 1.29 is 23.5 Å². The van der Waals surface area contributed by atoms with Gasteiger partial charge in [0.2, 0.25) is 0 Å². The van der Waals surface area contributed by atoms with E-state index in [0.717, 1.165) is 24.8 Å². The standard InChI is InChI=1S/C15H19FO4/c1-19-14(17)12-8-7-11(6-4-3-5-9-16)10-13(12)15(18)20-2/h7-8,10H,3-6,9H2,1-2H3. The average molecular weight is 282 g/mol. The van der Waals surface area contributed by atoms with Crippen LogP contribution < -0.4 is 0 Å². The van der Waals surface area contributed by atoms with Crippen molar-refractivity contribution in [3.63, 3.8) is 0 Å². The molecule has 0 radical (unpaired) electrons. The van der Waals surface area contributed by atoms with Crippen molar-refractivity contribution in [2.24, 2.45) is 0 Å². The molecule has 110 valence electrons. The summed E-state index contributed by atoms with van der Waals surface area (Å²) < 4.78 is 21.3. The van der Waals surface area contributed by atoms with Gasteiger partial charge in [0.25, 0.3) is 0 Å². The Bertz CT molecular complexity index is 471. The van der Waals surface area contributed by atoms with Crippen LogP contribution in [-0.4, -0.2) is 32.8 Å². The van der Waals surface area contributed by atoms with E-state index in [-0.39, 0.29) is 17.8 Å². The number of hydrogen-bond acceptors (Lipinski definition) is 4. The molecule has 0 atom stereocenters. The van der Waals surface area contributed by atoms with Gasteiger partial charge in [-0.3, -0.25) is 4.39 Å². The van der Waals surface area contributed by atoms with Gasteiger partial charge < -0.3 is 9.47 Å². The van der Waals surface area contributed by atoms with Crippen LogP contribution in [0.2, 0.25) is 0 Å². The average Bonchev–Trinajstić information content (AvgIpc) is 2.49. The highest BCUT2D eigenvalue weighted by Crippen LogP contribution is 2.16. The van der Waals surface area contributed by atoms with E-state index < -0.39 is 11.9 Å². The van der Waals surface area contributed by atoms with Crippen LogP contribution in [0.1, 0.15) is 45.5 Å². The maximum absolute atomic E-state index is 12.0. The molecular weight excluding hydrogens is 263 g/mol. The lowest BCUT2D eigenvalue weighted by molar-refractivity contribution is 0.0555. The third-order valence-corrected chi connectivity index (χ3v) is 2.99. The lowest BCUT2D eigenvalue weighted by atomic mass is 10.00. The van der Waals surface area contributed by atoms with E-state index >= 15 is 0 Å². The second kappa shape index (κ2) is 8.30. The van der Waals surface area contributed by atoms with Crippen LogP contribution in [0.4, 0.5) is 4.39 Å². The number of esters is 2. The molecule has 0 saturated heterocycles. The molecule has 0 heterocycles. The summed E-state index contributed by atoms with van der Waals surface area (Å²) in [6, 6.07) is 4.96. The molecule has 1 aromatic rings. The van der Waals surface area contributed by atoms with Gasteiger partial charge in [0.15, 0.2) is 0 Å². The number of rotatable bonds is 7. The van der Waals surface area contributed by atoms with E-state index in [1.165, 1.54) is 14.2 Å². The van der Waals surface area contributed by atoms with Crippen LogP contribution in [0.3, 0.4) is 0 Å². The second-order valence-corrected chi connectivity index (χ2v) is 4.36. The normalized spacial score (nSPS) is 10.2. The minimum atomic E-state index is -0.575. The number of hydrogen-bond donors (Lipinski definition) is 0. The molecule has 0 aromatic heterocycles. The zero-order chi connectivity index (χ0) is 15.0. The molecule has 1 rings (SSSR count). The van der Waals surface area contributed by atoms with Crippen LogP contribution in [0.25, 0.3) is 0 Å². The molecule has 5 heteroatoms. The van der Waals surface area contributed by atoms with Crippen molar-refractivity contribution in [1.29, 1.82) is 0 Å². The van der Waals surface area contributed by atoms with Crippen LogP contribution >= 0.6 is 0 Å². The van der Waals surface area contributed by atoms with Crippen molar-refractivity contribution in [3.05, 3.63) is 34.9 Å². The zero-order valence-electron chi connectivity index (χ0n) is 11.8. The number of aryl methyl sites for hydroxylation is 1. The lowest BCUT2D eigenvalue weighted by Crippen LogP contribution is -2.12. The van der Waals surface area contributed by atoms with Crippen molar-refractivity contribution >= 4 is 11.9 Å². The molecule has 20 heavy (non-hydrogen) atoms. The topological polar surface area (TPSA) is 52.6 Å². The summed E-state index contributed by atoms with van der Waals surface area (Å²) in [4.78, 5) is 23.3. The third-order valence-electron chi connectivity index (χ3n) is 2.99. The first-order chi connectivity index (χ1) is 9.63. The van der Waals surface area contributed by atoms with Crippen LogP contribution in [0, 0.1) is 0 Å². The number of unbranched alkanes of at least 4 members (excludes halogenated alkanes) is 2. The van der Waals surface area contributed by atoms with Crippen molar-refractivity contribution in [1.82, 2.24) is 0 Å². The monoisotopic (exact) mass is 282 g/mol. The molecule has 0 N–H and O–H groups in total. The number of alkyl halides is 1. The molecule has 4 nitrogen and oxygen atoms in total. The number of ether oxygens (including phenoxy) is 2. The summed E-state index contributed by atoms with van der Waals surface area (Å²) in [5.74, 6) is -1.15. The molecule has 0 unspecified atom stereocenters. The van der Waals surface area contributed by atoms with E-state index in [2.05, 4.69) is 9.47 Å². The number of benzene rings is 1. The Hall–Kier alpha value is -1.91. The fourth-order valence-corrected chi connectivity index (χ4v) is 1.91.